The standard InChI is InChI=1S/C6H8N2O3/c9-4-8-2-5(7-3-8)1-6(10)11/h2-3,9H,1,4H2,(H,10,11). The van der Waals surface area contributed by atoms with Gasteiger partial charge in [0.15, 0.2) is 0 Å². The summed E-state index contributed by atoms with van der Waals surface area (Å²) in [5.41, 5.74) is 0.451. The summed E-state index contributed by atoms with van der Waals surface area (Å²) in [5.74, 6) is -0.923. The number of carboxylic acid groups (broad SMARTS) is 1. The van der Waals surface area contributed by atoms with Gasteiger partial charge < -0.3 is 14.8 Å². The van der Waals surface area contributed by atoms with Gasteiger partial charge in [-0.15, -0.1) is 0 Å². The van der Waals surface area contributed by atoms with E-state index < -0.39 is 5.97 Å². The van der Waals surface area contributed by atoms with Crippen molar-refractivity contribution in [3.8, 4) is 0 Å². The molecule has 0 radical (unpaired) electrons. The van der Waals surface area contributed by atoms with E-state index in [0.717, 1.165) is 0 Å². The molecule has 1 aromatic heterocycles. The zero-order valence-corrected chi connectivity index (χ0v) is 5.77. The summed E-state index contributed by atoms with van der Waals surface area (Å²) in [6.45, 7) is -0.174. The van der Waals surface area contributed by atoms with Crippen molar-refractivity contribution in [3.63, 3.8) is 0 Å². The Labute approximate surface area is 62.9 Å². The van der Waals surface area contributed by atoms with Crippen LogP contribution in [-0.4, -0.2) is 25.7 Å². The van der Waals surface area contributed by atoms with Crippen molar-refractivity contribution in [2.75, 3.05) is 0 Å². The van der Waals surface area contributed by atoms with Crippen molar-refractivity contribution in [1.82, 2.24) is 9.55 Å². The van der Waals surface area contributed by atoms with Gasteiger partial charge >= 0.3 is 5.97 Å². The Morgan fingerprint density at radius 3 is 2.91 bits per heavy atom. The van der Waals surface area contributed by atoms with Gasteiger partial charge in [0.25, 0.3) is 0 Å². The van der Waals surface area contributed by atoms with Gasteiger partial charge in [-0.1, -0.05) is 0 Å². The predicted molar refractivity (Wildman–Crippen MR) is 35.8 cm³/mol. The first-order valence-corrected chi connectivity index (χ1v) is 3.05. The topological polar surface area (TPSA) is 75.3 Å². The molecule has 1 heterocycles. The number of imidazole rings is 1. The van der Waals surface area contributed by atoms with Crippen LogP contribution in [0.25, 0.3) is 0 Å². The van der Waals surface area contributed by atoms with E-state index in [4.69, 9.17) is 10.2 Å². The lowest BCUT2D eigenvalue weighted by Crippen LogP contribution is -2.00. The van der Waals surface area contributed by atoms with E-state index in [1.165, 1.54) is 17.1 Å². The Morgan fingerprint density at radius 2 is 2.45 bits per heavy atom. The number of aliphatic hydroxyl groups excluding tert-OH is 1. The molecule has 0 aliphatic carbocycles. The minimum atomic E-state index is -0.923. The number of aliphatic carboxylic acids is 1. The van der Waals surface area contributed by atoms with Gasteiger partial charge in [-0.3, -0.25) is 4.79 Å². The number of nitrogens with zero attached hydrogens (tertiary/aromatic N) is 2. The highest BCUT2D eigenvalue weighted by molar-refractivity contribution is 5.69. The normalized spacial score (nSPS) is 9.91. The van der Waals surface area contributed by atoms with E-state index in [1.54, 1.807) is 0 Å². The Hall–Kier alpha value is -1.36. The van der Waals surface area contributed by atoms with Crippen LogP contribution in [-0.2, 0) is 17.9 Å². The Kier molecular flexibility index (Phi) is 2.22. The van der Waals surface area contributed by atoms with Crippen LogP contribution in [0.3, 0.4) is 0 Å². The molecular weight excluding hydrogens is 148 g/mol. The van der Waals surface area contributed by atoms with Crippen LogP contribution in [0.5, 0.6) is 0 Å². The lowest BCUT2D eigenvalue weighted by atomic mass is 10.3. The molecule has 1 aromatic rings. The highest BCUT2D eigenvalue weighted by atomic mass is 16.4. The first kappa shape index (κ1) is 7.74. The second-order valence-corrected chi connectivity index (χ2v) is 2.09. The number of aromatic nitrogens is 2. The summed E-state index contributed by atoms with van der Waals surface area (Å²) in [7, 11) is 0. The van der Waals surface area contributed by atoms with Gasteiger partial charge in [-0.05, 0) is 0 Å². The molecule has 2 N–H and O–H groups in total. The monoisotopic (exact) mass is 156 g/mol. The highest BCUT2D eigenvalue weighted by Gasteiger charge is 2.02. The molecule has 0 amide bonds. The van der Waals surface area contributed by atoms with E-state index in [1.807, 2.05) is 0 Å². The molecule has 1 rings (SSSR count). The molecule has 0 aromatic carbocycles. The first-order valence-electron chi connectivity index (χ1n) is 3.05. The van der Waals surface area contributed by atoms with Crippen molar-refractivity contribution in [2.24, 2.45) is 0 Å². The molecule has 0 fully saturated rings. The van der Waals surface area contributed by atoms with E-state index in [-0.39, 0.29) is 13.2 Å². The Bertz CT molecular complexity index is 256. The largest absolute Gasteiger partial charge is 0.481 e. The fourth-order valence-corrected chi connectivity index (χ4v) is 0.730. The SMILES string of the molecule is O=C(O)Cc1cn(CO)cn1. The van der Waals surface area contributed by atoms with Gasteiger partial charge in [0.2, 0.25) is 0 Å². The molecule has 0 atom stereocenters. The third-order valence-corrected chi connectivity index (χ3v) is 1.18. The summed E-state index contributed by atoms with van der Waals surface area (Å²) >= 11 is 0. The number of hydrogen-bond donors (Lipinski definition) is 2. The molecule has 0 saturated heterocycles. The fraction of sp³-hybridized carbons (Fsp3) is 0.333. The quantitative estimate of drug-likeness (QED) is 0.616. The number of carboxylic acids is 1. The van der Waals surface area contributed by atoms with Crippen LogP contribution >= 0.6 is 0 Å². The Morgan fingerprint density at radius 1 is 1.73 bits per heavy atom. The average Bonchev–Trinajstić information content (AvgIpc) is 2.34. The molecular formula is C6H8N2O3. The third-order valence-electron chi connectivity index (χ3n) is 1.18. The summed E-state index contributed by atoms with van der Waals surface area (Å²) < 4.78 is 1.40. The molecule has 5 nitrogen and oxygen atoms in total. The maximum atomic E-state index is 10.2. The molecule has 11 heavy (non-hydrogen) atoms. The maximum Gasteiger partial charge on any atom is 0.309 e. The van der Waals surface area contributed by atoms with Crippen molar-refractivity contribution < 1.29 is 15.0 Å². The summed E-state index contributed by atoms with van der Waals surface area (Å²) in [6.07, 6.45) is 2.78. The van der Waals surface area contributed by atoms with Crippen molar-refractivity contribution in [3.05, 3.63) is 18.2 Å². The summed E-state index contributed by atoms with van der Waals surface area (Å²) in [4.78, 5) is 13.9. The van der Waals surface area contributed by atoms with E-state index in [0.29, 0.717) is 5.69 Å². The van der Waals surface area contributed by atoms with Crippen molar-refractivity contribution in [2.45, 2.75) is 13.2 Å². The van der Waals surface area contributed by atoms with E-state index in [2.05, 4.69) is 4.98 Å². The second-order valence-electron chi connectivity index (χ2n) is 2.09. The maximum absolute atomic E-state index is 10.2. The number of hydrogen-bond acceptors (Lipinski definition) is 3. The molecule has 0 aliphatic rings. The molecule has 60 valence electrons. The average molecular weight is 156 g/mol. The van der Waals surface area contributed by atoms with Gasteiger partial charge in [-0.25, -0.2) is 4.98 Å². The second kappa shape index (κ2) is 3.16. The van der Waals surface area contributed by atoms with Crippen LogP contribution in [0, 0.1) is 0 Å². The predicted octanol–water partition coefficient (Wildman–Crippen LogP) is -0.540. The van der Waals surface area contributed by atoms with Crippen molar-refractivity contribution >= 4 is 5.97 Å². The Balaban J connectivity index is 2.65. The van der Waals surface area contributed by atoms with Gasteiger partial charge in [-0.2, -0.15) is 0 Å². The van der Waals surface area contributed by atoms with E-state index in [9.17, 15) is 4.79 Å². The molecule has 0 unspecified atom stereocenters. The third kappa shape index (κ3) is 2.05. The van der Waals surface area contributed by atoms with Crippen molar-refractivity contribution in [1.29, 1.82) is 0 Å². The highest BCUT2D eigenvalue weighted by Crippen LogP contribution is 1.95. The lowest BCUT2D eigenvalue weighted by Gasteiger charge is -1.89. The minimum absolute atomic E-state index is 0.104. The molecule has 0 aliphatic heterocycles. The van der Waals surface area contributed by atoms with E-state index >= 15 is 0 Å². The summed E-state index contributed by atoms with van der Waals surface area (Å²) in [6, 6.07) is 0. The van der Waals surface area contributed by atoms with Crippen LogP contribution in [0.15, 0.2) is 12.5 Å². The number of carbonyl (C=O) groups is 1. The lowest BCUT2D eigenvalue weighted by molar-refractivity contribution is -0.136. The summed E-state index contributed by atoms with van der Waals surface area (Å²) in [5, 5.41) is 16.9. The zero-order valence-electron chi connectivity index (χ0n) is 5.77. The van der Waals surface area contributed by atoms with Gasteiger partial charge in [0.05, 0.1) is 18.4 Å². The smallest absolute Gasteiger partial charge is 0.309 e. The number of aliphatic hydroxyl groups is 1. The molecule has 0 spiro atoms. The van der Waals surface area contributed by atoms with Crippen LogP contribution < -0.4 is 0 Å². The molecule has 0 bridgehead atoms. The van der Waals surface area contributed by atoms with Crippen LogP contribution in [0.2, 0.25) is 0 Å². The number of rotatable bonds is 3. The minimum Gasteiger partial charge on any atom is -0.481 e. The van der Waals surface area contributed by atoms with Crippen LogP contribution in [0.1, 0.15) is 5.69 Å². The van der Waals surface area contributed by atoms with Gasteiger partial charge in [0.1, 0.15) is 6.73 Å². The first-order chi connectivity index (χ1) is 5.22. The fourth-order valence-electron chi connectivity index (χ4n) is 0.730. The van der Waals surface area contributed by atoms with Crippen LogP contribution in [0.4, 0.5) is 0 Å². The molecule has 0 saturated carbocycles. The zero-order chi connectivity index (χ0) is 8.27. The van der Waals surface area contributed by atoms with Gasteiger partial charge in [0, 0.05) is 6.20 Å². The molecule has 5 heteroatoms.